The third-order valence-electron chi connectivity index (χ3n) is 6.05. The molecule has 2 aliphatic heterocycles. The van der Waals surface area contributed by atoms with Gasteiger partial charge in [0.05, 0.1) is 0 Å². The molecule has 7 nitrogen and oxygen atoms in total. The van der Waals surface area contributed by atoms with E-state index in [1.165, 1.54) is 6.07 Å². The van der Waals surface area contributed by atoms with Crippen LogP contribution < -0.4 is 14.3 Å². The Labute approximate surface area is 164 Å². The summed E-state index contributed by atoms with van der Waals surface area (Å²) in [6.45, 7) is 3.83. The van der Waals surface area contributed by atoms with E-state index in [0.717, 1.165) is 24.8 Å². The zero-order valence-corrected chi connectivity index (χ0v) is 16.9. The van der Waals surface area contributed by atoms with Crippen LogP contribution in [0.3, 0.4) is 0 Å². The number of benzene rings is 1. The summed E-state index contributed by atoms with van der Waals surface area (Å²) in [4.78, 5) is 11.5. The van der Waals surface area contributed by atoms with Crippen molar-refractivity contribution in [2.24, 2.45) is 11.8 Å². The number of carbonyl (C=O) groups is 1. The van der Waals surface area contributed by atoms with Gasteiger partial charge in [-0.1, -0.05) is 13.8 Å². The molecule has 1 aromatic rings. The summed E-state index contributed by atoms with van der Waals surface area (Å²) >= 11 is 0. The van der Waals surface area contributed by atoms with Crippen molar-refractivity contribution in [1.29, 1.82) is 0 Å². The molecule has 3 unspecified atom stereocenters. The Morgan fingerprint density at radius 3 is 2.71 bits per heavy atom. The van der Waals surface area contributed by atoms with Crippen LogP contribution in [0, 0.1) is 17.7 Å². The number of phenolic OH excluding ortho intramolecular Hbond substituents is 1. The molecule has 1 aliphatic carbocycles. The van der Waals surface area contributed by atoms with E-state index in [2.05, 4.69) is 19.2 Å². The molecule has 4 rings (SSSR count). The van der Waals surface area contributed by atoms with E-state index in [9.17, 15) is 18.3 Å². The second-order valence-electron chi connectivity index (χ2n) is 8.58. The fourth-order valence-electron chi connectivity index (χ4n) is 4.87. The lowest BCUT2D eigenvalue weighted by Gasteiger charge is -2.42. The Kier molecular flexibility index (Phi) is 4.78. The van der Waals surface area contributed by atoms with Crippen LogP contribution in [0.25, 0.3) is 0 Å². The molecule has 3 aliphatic rings. The average molecular weight is 411 g/mol. The first kappa shape index (κ1) is 19.4. The number of halogens is 1. The number of nitrogens with zero attached hydrogens (tertiary/aromatic N) is 1. The standard InChI is InChI=1S/C19H26FN3O4S/c1-10(2)5-13-4-3-11-6-12-7-16(24)19(18(20)14(12)8-15(11)21-13)23-9-17(25)22-28(23,26)27/h7,10-11,13,15,21,24H,3-6,8-9H2,1-2H3,(H,22,25). The van der Waals surface area contributed by atoms with E-state index in [4.69, 9.17) is 0 Å². The van der Waals surface area contributed by atoms with E-state index in [1.807, 2.05) is 4.72 Å². The molecule has 0 bridgehead atoms. The Morgan fingerprint density at radius 1 is 1.32 bits per heavy atom. The SMILES string of the molecule is CC(C)CC1CCC2Cc3cc(O)c(N4CC(=O)NS4(=O)=O)c(F)c3CC2N1. The summed E-state index contributed by atoms with van der Waals surface area (Å²) in [7, 11) is -4.19. The third-order valence-corrected chi connectivity index (χ3v) is 7.43. The number of anilines is 1. The lowest BCUT2D eigenvalue weighted by molar-refractivity contribution is -0.117. The topological polar surface area (TPSA) is 98.7 Å². The molecule has 9 heteroatoms. The summed E-state index contributed by atoms with van der Waals surface area (Å²) in [5.41, 5.74) is 0.714. The van der Waals surface area contributed by atoms with Crippen LogP contribution in [0.4, 0.5) is 10.1 Å². The minimum absolute atomic E-state index is 0.131. The van der Waals surface area contributed by atoms with Gasteiger partial charge in [-0.15, -0.1) is 0 Å². The van der Waals surface area contributed by atoms with Crippen molar-refractivity contribution in [1.82, 2.24) is 10.0 Å². The predicted molar refractivity (Wildman–Crippen MR) is 103 cm³/mol. The maximum atomic E-state index is 15.4. The van der Waals surface area contributed by atoms with Gasteiger partial charge in [-0.3, -0.25) is 4.79 Å². The van der Waals surface area contributed by atoms with Gasteiger partial charge < -0.3 is 10.4 Å². The smallest absolute Gasteiger partial charge is 0.326 e. The first-order chi connectivity index (χ1) is 13.2. The highest BCUT2D eigenvalue weighted by molar-refractivity contribution is 7.92. The number of hydrogen-bond acceptors (Lipinski definition) is 5. The van der Waals surface area contributed by atoms with Crippen molar-refractivity contribution in [3.63, 3.8) is 0 Å². The summed E-state index contributed by atoms with van der Waals surface area (Å²) < 4.78 is 42.0. The second-order valence-corrected chi connectivity index (χ2v) is 10.2. The number of fused-ring (bicyclic) bond motifs is 2. The largest absolute Gasteiger partial charge is 0.506 e. The zero-order valence-electron chi connectivity index (χ0n) is 16.0. The lowest BCUT2D eigenvalue weighted by Crippen LogP contribution is -2.51. The van der Waals surface area contributed by atoms with Crippen molar-refractivity contribution < 1.29 is 22.7 Å². The number of aromatic hydroxyl groups is 1. The molecule has 2 fully saturated rings. The normalized spacial score (nSPS) is 28.8. The van der Waals surface area contributed by atoms with Crippen molar-refractivity contribution >= 4 is 21.8 Å². The highest BCUT2D eigenvalue weighted by atomic mass is 32.2. The van der Waals surface area contributed by atoms with Gasteiger partial charge in [0.1, 0.15) is 18.0 Å². The Morgan fingerprint density at radius 2 is 2.07 bits per heavy atom. The van der Waals surface area contributed by atoms with Crippen LogP contribution in [0.5, 0.6) is 5.75 Å². The molecular formula is C19H26FN3O4S. The third kappa shape index (κ3) is 3.34. The molecular weight excluding hydrogens is 385 g/mol. The Hall–Kier alpha value is -1.87. The highest BCUT2D eigenvalue weighted by Gasteiger charge is 2.41. The molecule has 0 spiro atoms. The molecule has 154 valence electrons. The summed E-state index contributed by atoms with van der Waals surface area (Å²) in [5, 5.41) is 14.0. The number of hydrogen-bond donors (Lipinski definition) is 3. The van der Waals surface area contributed by atoms with Gasteiger partial charge in [0.25, 0.3) is 5.91 Å². The molecule has 3 atom stereocenters. The van der Waals surface area contributed by atoms with Crippen molar-refractivity contribution in [2.75, 3.05) is 10.8 Å². The Balaban J connectivity index is 1.67. The first-order valence-corrected chi connectivity index (χ1v) is 11.2. The van der Waals surface area contributed by atoms with Crippen molar-refractivity contribution in [3.05, 3.63) is 23.0 Å². The number of nitrogens with one attached hydrogen (secondary N) is 2. The van der Waals surface area contributed by atoms with Crippen LogP contribution in [0.15, 0.2) is 6.07 Å². The molecule has 2 saturated heterocycles. The molecule has 0 radical (unpaired) electrons. The van der Waals surface area contributed by atoms with E-state index >= 15 is 4.39 Å². The number of rotatable bonds is 3. The minimum Gasteiger partial charge on any atom is -0.506 e. The van der Waals surface area contributed by atoms with E-state index < -0.39 is 39.9 Å². The fourth-order valence-corrected chi connectivity index (χ4v) is 6.03. The first-order valence-electron chi connectivity index (χ1n) is 9.78. The van der Waals surface area contributed by atoms with Crippen molar-refractivity contribution in [3.8, 4) is 5.75 Å². The zero-order chi connectivity index (χ0) is 20.2. The van der Waals surface area contributed by atoms with Gasteiger partial charge in [-0.25, -0.2) is 13.4 Å². The van der Waals surface area contributed by atoms with Crippen LogP contribution >= 0.6 is 0 Å². The maximum absolute atomic E-state index is 15.4. The predicted octanol–water partition coefficient (Wildman–Crippen LogP) is 1.59. The molecule has 1 aromatic carbocycles. The summed E-state index contributed by atoms with van der Waals surface area (Å²) in [6, 6.07) is 2.00. The monoisotopic (exact) mass is 411 g/mol. The number of carbonyl (C=O) groups excluding carboxylic acids is 1. The molecule has 0 saturated carbocycles. The van der Waals surface area contributed by atoms with Gasteiger partial charge >= 0.3 is 10.2 Å². The molecule has 1 amide bonds. The van der Waals surface area contributed by atoms with Crippen molar-refractivity contribution in [2.45, 2.75) is 58.0 Å². The molecule has 0 aromatic heterocycles. The maximum Gasteiger partial charge on any atom is 0.326 e. The summed E-state index contributed by atoms with van der Waals surface area (Å²) in [5.74, 6) is -0.991. The van der Waals surface area contributed by atoms with Gasteiger partial charge in [0.15, 0.2) is 5.82 Å². The van der Waals surface area contributed by atoms with Gasteiger partial charge in [0.2, 0.25) is 0 Å². The quantitative estimate of drug-likeness (QED) is 0.702. The molecule has 28 heavy (non-hydrogen) atoms. The molecule has 2 heterocycles. The fraction of sp³-hybridized carbons (Fsp3) is 0.632. The average Bonchev–Trinajstić information content (AvgIpc) is 2.85. The van der Waals surface area contributed by atoms with Gasteiger partial charge in [-0.05, 0) is 61.1 Å². The number of phenols is 1. The van der Waals surface area contributed by atoms with Crippen LogP contribution in [-0.2, 0) is 27.8 Å². The van der Waals surface area contributed by atoms with E-state index in [0.29, 0.717) is 40.6 Å². The number of piperidine rings is 1. The van der Waals surface area contributed by atoms with Crippen LogP contribution in [0.2, 0.25) is 0 Å². The van der Waals surface area contributed by atoms with E-state index in [1.54, 1.807) is 0 Å². The highest BCUT2D eigenvalue weighted by Crippen LogP contribution is 2.42. The second kappa shape index (κ2) is 6.88. The van der Waals surface area contributed by atoms with Crippen LogP contribution in [0.1, 0.15) is 44.2 Å². The minimum atomic E-state index is -4.19. The summed E-state index contributed by atoms with van der Waals surface area (Å²) in [6.07, 6.45) is 4.30. The van der Waals surface area contributed by atoms with Gasteiger partial charge in [0, 0.05) is 12.1 Å². The number of amides is 1. The lowest BCUT2D eigenvalue weighted by atomic mass is 9.74. The van der Waals surface area contributed by atoms with E-state index in [-0.39, 0.29) is 6.04 Å². The van der Waals surface area contributed by atoms with Gasteiger partial charge in [-0.2, -0.15) is 8.42 Å². The van der Waals surface area contributed by atoms with Crippen LogP contribution in [-0.4, -0.2) is 38.1 Å². The Bertz CT molecular complexity index is 918. The molecule has 3 N–H and O–H groups in total.